The van der Waals surface area contributed by atoms with E-state index in [0.717, 1.165) is 10.4 Å². The van der Waals surface area contributed by atoms with Gasteiger partial charge in [-0.1, -0.05) is 0 Å². The first-order valence-electron chi connectivity index (χ1n) is 7.96. The van der Waals surface area contributed by atoms with Crippen molar-refractivity contribution in [2.24, 2.45) is 0 Å². The summed E-state index contributed by atoms with van der Waals surface area (Å²) < 4.78 is 17.9. The fraction of sp³-hybridized carbons (Fsp3) is 0.278. The average molecular weight is 376 g/mol. The molecule has 0 saturated heterocycles. The average Bonchev–Trinajstić information content (AvgIpc) is 2.98. The highest BCUT2D eigenvalue weighted by molar-refractivity contribution is 7.17. The lowest BCUT2D eigenvalue weighted by molar-refractivity contribution is -0.129. The summed E-state index contributed by atoms with van der Waals surface area (Å²) in [5, 5.41) is 3.09. The van der Waals surface area contributed by atoms with Gasteiger partial charge in [-0.05, 0) is 36.2 Å². The Bertz CT molecular complexity index is 876. The number of fused-ring (bicyclic) bond motifs is 1. The number of hydrogen-bond acceptors (Lipinski definition) is 5. The summed E-state index contributed by atoms with van der Waals surface area (Å²) >= 11 is 1.25. The van der Waals surface area contributed by atoms with Crippen LogP contribution in [0.25, 0.3) is 0 Å². The van der Waals surface area contributed by atoms with E-state index >= 15 is 0 Å². The van der Waals surface area contributed by atoms with Gasteiger partial charge in [0, 0.05) is 23.9 Å². The number of methoxy groups -OCH3 is 1. The second-order valence-electron chi connectivity index (χ2n) is 5.85. The topological polar surface area (TPSA) is 75.7 Å². The number of nitrogens with zero attached hydrogens (tertiary/aromatic N) is 1. The third-order valence-corrected chi connectivity index (χ3v) is 5.36. The van der Waals surface area contributed by atoms with Crippen molar-refractivity contribution in [2.75, 3.05) is 19.0 Å². The molecule has 1 aromatic heterocycles. The Morgan fingerprint density at radius 1 is 1.23 bits per heavy atom. The Morgan fingerprint density at radius 3 is 2.54 bits per heavy atom. The first-order valence-corrected chi connectivity index (χ1v) is 8.77. The molecule has 0 atom stereocenters. The summed E-state index contributed by atoms with van der Waals surface area (Å²) in [6.07, 6.45) is 0.516. The van der Waals surface area contributed by atoms with Gasteiger partial charge in [-0.3, -0.25) is 9.59 Å². The monoisotopic (exact) mass is 376 g/mol. The van der Waals surface area contributed by atoms with Gasteiger partial charge in [0.2, 0.25) is 5.91 Å². The van der Waals surface area contributed by atoms with Gasteiger partial charge in [0.1, 0.15) is 10.8 Å². The smallest absolute Gasteiger partial charge is 0.341 e. The van der Waals surface area contributed by atoms with Gasteiger partial charge >= 0.3 is 5.97 Å². The molecule has 1 aromatic carbocycles. The van der Waals surface area contributed by atoms with E-state index in [2.05, 4.69) is 5.32 Å². The lowest BCUT2D eigenvalue weighted by Crippen LogP contribution is -2.33. The number of thiophene rings is 1. The highest BCUT2D eigenvalue weighted by Crippen LogP contribution is 2.37. The Kier molecular flexibility index (Phi) is 5.03. The van der Waals surface area contributed by atoms with Crippen LogP contribution in [0.5, 0.6) is 0 Å². The number of ether oxygens (including phenoxy) is 1. The maximum absolute atomic E-state index is 13.0. The van der Waals surface area contributed by atoms with E-state index in [-0.39, 0.29) is 11.5 Å². The molecule has 8 heteroatoms. The minimum absolute atomic E-state index is 0.0411. The number of rotatable bonds is 3. The number of anilines is 1. The number of carbonyl (C=O) groups is 3. The molecule has 0 fully saturated rings. The minimum Gasteiger partial charge on any atom is -0.465 e. The summed E-state index contributed by atoms with van der Waals surface area (Å²) in [4.78, 5) is 38.8. The molecule has 1 aliphatic heterocycles. The van der Waals surface area contributed by atoms with E-state index in [0.29, 0.717) is 30.1 Å². The van der Waals surface area contributed by atoms with Gasteiger partial charge in [-0.2, -0.15) is 0 Å². The Morgan fingerprint density at radius 2 is 1.92 bits per heavy atom. The third-order valence-electron chi connectivity index (χ3n) is 4.23. The van der Waals surface area contributed by atoms with Crippen molar-refractivity contribution in [3.8, 4) is 0 Å². The van der Waals surface area contributed by atoms with E-state index in [4.69, 9.17) is 4.74 Å². The van der Waals surface area contributed by atoms with Crippen LogP contribution in [-0.2, 0) is 22.5 Å². The molecule has 0 spiro atoms. The van der Waals surface area contributed by atoms with Gasteiger partial charge < -0.3 is 15.0 Å². The third kappa shape index (κ3) is 3.45. The van der Waals surface area contributed by atoms with Crippen molar-refractivity contribution in [3.05, 3.63) is 51.7 Å². The van der Waals surface area contributed by atoms with Crippen LogP contribution in [0.4, 0.5) is 9.39 Å². The van der Waals surface area contributed by atoms with Crippen LogP contribution in [-0.4, -0.2) is 36.3 Å². The molecule has 2 heterocycles. The lowest BCUT2D eigenvalue weighted by atomic mass is 10.0. The normalized spacial score (nSPS) is 13.1. The van der Waals surface area contributed by atoms with Gasteiger partial charge in [-0.15, -0.1) is 11.3 Å². The van der Waals surface area contributed by atoms with Crippen LogP contribution in [0.1, 0.15) is 38.1 Å². The molecular weight excluding hydrogens is 359 g/mol. The maximum atomic E-state index is 13.0. The lowest BCUT2D eigenvalue weighted by Gasteiger charge is -2.25. The fourth-order valence-electron chi connectivity index (χ4n) is 2.85. The van der Waals surface area contributed by atoms with Crippen LogP contribution >= 0.6 is 11.3 Å². The zero-order valence-electron chi connectivity index (χ0n) is 14.3. The van der Waals surface area contributed by atoms with E-state index < -0.39 is 17.7 Å². The van der Waals surface area contributed by atoms with Crippen molar-refractivity contribution < 1.29 is 23.5 Å². The molecule has 0 saturated carbocycles. The Hall–Kier alpha value is -2.74. The van der Waals surface area contributed by atoms with Crippen molar-refractivity contribution in [1.82, 2.24) is 4.90 Å². The van der Waals surface area contributed by atoms with Gasteiger partial charge in [-0.25, -0.2) is 9.18 Å². The summed E-state index contributed by atoms with van der Waals surface area (Å²) in [7, 11) is 1.28. The van der Waals surface area contributed by atoms with Gasteiger partial charge in [0.05, 0.1) is 19.2 Å². The maximum Gasteiger partial charge on any atom is 0.341 e. The zero-order valence-corrected chi connectivity index (χ0v) is 15.1. The molecule has 26 heavy (non-hydrogen) atoms. The molecule has 0 aliphatic carbocycles. The minimum atomic E-state index is -0.534. The van der Waals surface area contributed by atoms with E-state index in [1.54, 1.807) is 4.90 Å². The van der Waals surface area contributed by atoms with Crippen molar-refractivity contribution in [3.63, 3.8) is 0 Å². The summed E-state index contributed by atoms with van der Waals surface area (Å²) in [6, 6.07) is 5.13. The zero-order chi connectivity index (χ0) is 18.8. The highest BCUT2D eigenvalue weighted by Gasteiger charge is 2.30. The summed E-state index contributed by atoms with van der Waals surface area (Å²) in [5.74, 6) is -1.46. The number of benzene rings is 1. The van der Waals surface area contributed by atoms with Crippen LogP contribution in [0.2, 0.25) is 0 Å². The molecular formula is C18H17FN2O4S. The fourth-order valence-corrected chi connectivity index (χ4v) is 4.10. The van der Waals surface area contributed by atoms with Crippen molar-refractivity contribution in [2.45, 2.75) is 19.9 Å². The predicted octanol–water partition coefficient (Wildman–Crippen LogP) is 2.83. The number of nitrogens with one attached hydrogen (secondary N) is 1. The van der Waals surface area contributed by atoms with Crippen LogP contribution in [0.3, 0.4) is 0 Å². The van der Waals surface area contributed by atoms with Gasteiger partial charge in [0.15, 0.2) is 0 Å². The van der Waals surface area contributed by atoms with E-state index in [1.807, 2.05) is 0 Å². The standard InChI is InChI=1S/C18H17FN2O4S/c1-10(22)21-8-7-13-14(9-21)26-17(15(13)18(24)25-2)20-16(23)11-3-5-12(19)6-4-11/h3-6H,7-9H2,1-2H3,(H,20,23). The second kappa shape index (κ2) is 7.25. The first kappa shape index (κ1) is 18.1. The second-order valence-corrected chi connectivity index (χ2v) is 6.96. The largest absolute Gasteiger partial charge is 0.465 e. The molecule has 1 aliphatic rings. The number of esters is 1. The molecule has 0 radical (unpaired) electrons. The molecule has 136 valence electrons. The molecule has 2 amide bonds. The molecule has 0 bridgehead atoms. The van der Waals surface area contributed by atoms with Crippen LogP contribution in [0.15, 0.2) is 24.3 Å². The number of hydrogen-bond donors (Lipinski definition) is 1. The van der Waals surface area contributed by atoms with Crippen molar-refractivity contribution >= 4 is 34.1 Å². The van der Waals surface area contributed by atoms with E-state index in [1.165, 1.54) is 49.6 Å². The Balaban J connectivity index is 1.93. The predicted molar refractivity (Wildman–Crippen MR) is 94.8 cm³/mol. The molecule has 1 N–H and O–H groups in total. The molecule has 3 rings (SSSR count). The quantitative estimate of drug-likeness (QED) is 0.836. The van der Waals surface area contributed by atoms with Crippen LogP contribution < -0.4 is 5.32 Å². The van der Waals surface area contributed by atoms with Crippen molar-refractivity contribution in [1.29, 1.82) is 0 Å². The molecule has 2 aromatic rings. The molecule has 0 unspecified atom stereocenters. The van der Waals surface area contributed by atoms with Gasteiger partial charge in [0.25, 0.3) is 5.91 Å². The first-order chi connectivity index (χ1) is 12.4. The van der Waals surface area contributed by atoms with Crippen LogP contribution in [0, 0.1) is 5.82 Å². The number of halogens is 1. The van der Waals surface area contributed by atoms with E-state index in [9.17, 15) is 18.8 Å². The SMILES string of the molecule is COC(=O)c1c(NC(=O)c2ccc(F)cc2)sc2c1CCN(C(C)=O)C2. The summed E-state index contributed by atoms with van der Waals surface area (Å²) in [6.45, 7) is 2.40. The number of carbonyl (C=O) groups excluding carboxylic acids is 3. The number of amides is 2. The summed E-state index contributed by atoms with van der Waals surface area (Å²) in [5.41, 5.74) is 1.40. The Labute approximate surface area is 153 Å². The molecule has 6 nitrogen and oxygen atoms in total. The highest BCUT2D eigenvalue weighted by atomic mass is 32.1.